The van der Waals surface area contributed by atoms with Gasteiger partial charge in [-0.2, -0.15) is 0 Å². The number of ether oxygens (including phenoxy) is 1. The summed E-state index contributed by atoms with van der Waals surface area (Å²) in [6.07, 6.45) is 6.59. The van der Waals surface area contributed by atoms with E-state index >= 15 is 0 Å². The molecule has 2 heterocycles. The van der Waals surface area contributed by atoms with Gasteiger partial charge in [0.2, 0.25) is 0 Å². The molecule has 0 saturated carbocycles. The molecular formula is C28H29N5O2. The molecule has 0 bridgehead atoms. The van der Waals surface area contributed by atoms with Crippen molar-refractivity contribution in [2.45, 2.75) is 6.42 Å². The Morgan fingerprint density at radius 1 is 0.971 bits per heavy atom. The van der Waals surface area contributed by atoms with Gasteiger partial charge in [-0.25, -0.2) is 4.98 Å². The van der Waals surface area contributed by atoms with Crippen molar-refractivity contribution in [1.29, 1.82) is 0 Å². The van der Waals surface area contributed by atoms with E-state index in [0.29, 0.717) is 6.61 Å². The van der Waals surface area contributed by atoms with Crippen molar-refractivity contribution < 1.29 is 9.57 Å². The highest BCUT2D eigenvalue weighted by Gasteiger charge is 2.19. The number of aromatic nitrogens is 3. The Balaban J connectivity index is 1.48. The third-order valence-corrected chi connectivity index (χ3v) is 6.01. The molecule has 0 amide bonds. The number of nitrogens with zero attached hydrogens (tertiary/aromatic N) is 3. The predicted molar refractivity (Wildman–Crippen MR) is 139 cm³/mol. The Hall–Kier alpha value is -3.94. The first-order chi connectivity index (χ1) is 17.1. The zero-order chi connectivity index (χ0) is 24.2. The molecule has 35 heavy (non-hydrogen) atoms. The van der Waals surface area contributed by atoms with Crippen molar-refractivity contribution in [2.24, 2.45) is 0 Å². The van der Waals surface area contributed by atoms with Gasteiger partial charge in [-0.3, -0.25) is 15.3 Å². The van der Waals surface area contributed by atoms with Crippen LogP contribution in [0.1, 0.15) is 11.1 Å². The Morgan fingerprint density at radius 3 is 2.49 bits per heavy atom. The van der Waals surface area contributed by atoms with E-state index in [1.807, 2.05) is 50.5 Å². The van der Waals surface area contributed by atoms with Crippen LogP contribution in [0.4, 0.5) is 0 Å². The molecule has 7 nitrogen and oxygen atoms in total. The van der Waals surface area contributed by atoms with Crippen molar-refractivity contribution >= 4 is 5.70 Å². The third-order valence-electron chi connectivity index (χ3n) is 6.01. The van der Waals surface area contributed by atoms with Gasteiger partial charge < -0.3 is 14.6 Å². The fourth-order valence-electron chi connectivity index (χ4n) is 4.20. The number of aromatic amines is 1. The van der Waals surface area contributed by atoms with Crippen LogP contribution in [0.15, 0.2) is 73.1 Å². The SMILES string of the molecule is CONC1=CCc2cc(-c3nc(-c4ccc(OCCN(C)C)cc4)[nH]c3-c3ccncc3)ccc21. The fraction of sp³-hybridized carbons (Fsp3) is 0.214. The number of imidazole rings is 1. The average Bonchev–Trinajstić information content (AvgIpc) is 3.50. The third kappa shape index (κ3) is 4.96. The van der Waals surface area contributed by atoms with E-state index in [1.165, 1.54) is 5.56 Å². The van der Waals surface area contributed by atoms with E-state index in [0.717, 1.165) is 63.9 Å². The summed E-state index contributed by atoms with van der Waals surface area (Å²) in [5, 5.41) is 0. The molecular weight excluding hydrogens is 438 g/mol. The number of hydroxylamine groups is 1. The molecule has 4 aromatic rings. The first-order valence-electron chi connectivity index (χ1n) is 11.6. The fourth-order valence-corrected chi connectivity index (χ4v) is 4.20. The van der Waals surface area contributed by atoms with Crippen LogP contribution in [0.5, 0.6) is 5.75 Å². The number of allylic oxidation sites excluding steroid dienone is 1. The number of fused-ring (bicyclic) bond motifs is 1. The number of likely N-dealkylation sites (N-methyl/N-ethyl adjacent to an activating group) is 1. The summed E-state index contributed by atoms with van der Waals surface area (Å²) in [4.78, 5) is 20.0. The van der Waals surface area contributed by atoms with Crippen LogP contribution in [0.2, 0.25) is 0 Å². The van der Waals surface area contributed by atoms with Gasteiger partial charge in [-0.15, -0.1) is 0 Å². The minimum atomic E-state index is 0.651. The van der Waals surface area contributed by atoms with Crippen molar-refractivity contribution in [3.63, 3.8) is 0 Å². The number of hydrogen-bond acceptors (Lipinski definition) is 6. The van der Waals surface area contributed by atoms with Crippen LogP contribution >= 0.6 is 0 Å². The van der Waals surface area contributed by atoms with Crippen LogP contribution in [0.25, 0.3) is 39.6 Å². The molecule has 0 spiro atoms. The minimum absolute atomic E-state index is 0.651. The van der Waals surface area contributed by atoms with Gasteiger partial charge in [-0.05, 0) is 68.5 Å². The highest BCUT2D eigenvalue weighted by molar-refractivity contribution is 5.83. The number of pyridine rings is 1. The molecule has 0 aliphatic heterocycles. The smallest absolute Gasteiger partial charge is 0.138 e. The molecule has 0 unspecified atom stereocenters. The lowest BCUT2D eigenvalue weighted by Gasteiger charge is -2.11. The van der Waals surface area contributed by atoms with E-state index < -0.39 is 0 Å². The zero-order valence-corrected chi connectivity index (χ0v) is 20.2. The van der Waals surface area contributed by atoms with Crippen LogP contribution < -0.4 is 10.2 Å². The second-order valence-electron chi connectivity index (χ2n) is 8.72. The molecule has 1 aliphatic carbocycles. The van der Waals surface area contributed by atoms with Crippen LogP contribution in [0.3, 0.4) is 0 Å². The summed E-state index contributed by atoms with van der Waals surface area (Å²) in [6, 6.07) is 18.5. The summed E-state index contributed by atoms with van der Waals surface area (Å²) in [6.45, 7) is 1.52. The molecule has 2 aromatic carbocycles. The molecule has 2 N–H and O–H groups in total. The topological polar surface area (TPSA) is 75.3 Å². The quantitative estimate of drug-likeness (QED) is 0.345. The van der Waals surface area contributed by atoms with E-state index in [1.54, 1.807) is 19.5 Å². The number of rotatable bonds is 9. The lowest BCUT2D eigenvalue weighted by atomic mass is 10.0. The molecule has 0 atom stereocenters. The molecule has 5 rings (SSSR count). The Morgan fingerprint density at radius 2 is 1.74 bits per heavy atom. The van der Waals surface area contributed by atoms with Gasteiger partial charge in [0.15, 0.2) is 0 Å². The van der Waals surface area contributed by atoms with Crippen LogP contribution in [-0.4, -0.2) is 54.2 Å². The maximum absolute atomic E-state index is 5.85. The molecule has 0 fully saturated rings. The molecule has 1 aliphatic rings. The summed E-state index contributed by atoms with van der Waals surface area (Å²) < 4.78 is 5.85. The monoisotopic (exact) mass is 467 g/mol. The number of benzene rings is 2. The second-order valence-corrected chi connectivity index (χ2v) is 8.72. The van der Waals surface area contributed by atoms with E-state index in [2.05, 4.69) is 44.6 Å². The standard InChI is InChI=1S/C28H29N5O2/c1-33(2)16-17-35-23-8-4-20(5-9-23)28-30-26(19-12-14-29-15-13-19)27(31-28)22-6-10-24-21(18-22)7-11-25(24)32-34-3/h4-6,8-15,18,32H,7,16-17H2,1-3H3,(H,30,31). The first kappa shape index (κ1) is 22.8. The second kappa shape index (κ2) is 10.1. The maximum Gasteiger partial charge on any atom is 0.138 e. The molecule has 7 heteroatoms. The molecule has 0 saturated heterocycles. The van der Waals surface area contributed by atoms with Gasteiger partial charge >= 0.3 is 0 Å². The van der Waals surface area contributed by atoms with E-state index in [-0.39, 0.29) is 0 Å². The summed E-state index contributed by atoms with van der Waals surface area (Å²) in [5.41, 5.74) is 11.3. The van der Waals surface area contributed by atoms with Crippen LogP contribution in [0, 0.1) is 0 Å². The molecule has 0 radical (unpaired) electrons. The van der Waals surface area contributed by atoms with Crippen molar-refractivity contribution in [3.05, 3.63) is 84.2 Å². The van der Waals surface area contributed by atoms with Gasteiger partial charge in [-0.1, -0.05) is 18.2 Å². The van der Waals surface area contributed by atoms with Gasteiger partial charge in [0.1, 0.15) is 18.2 Å². The maximum atomic E-state index is 5.85. The van der Waals surface area contributed by atoms with Crippen molar-refractivity contribution in [1.82, 2.24) is 25.3 Å². The minimum Gasteiger partial charge on any atom is -0.492 e. The number of nitrogens with one attached hydrogen (secondary N) is 2. The lowest BCUT2D eigenvalue weighted by Crippen LogP contribution is -2.19. The first-order valence-corrected chi connectivity index (χ1v) is 11.6. The highest BCUT2D eigenvalue weighted by Crippen LogP contribution is 2.36. The predicted octanol–water partition coefficient (Wildman–Crippen LogP) is 4.79. The highest BCUT2D eigenvalue weighted by atomic mass is 16.6. The Bertz CT molecular complexity index is 1330. The van der Waals surface area contributed by atoms with E-state index in [4.69, 9.17) is 14.6 Å². The molecule has 178 valence electrons. The van der Waals surface area contributed by atoms with Crippen molar-refractivity contribution in [2.75, 3.05) is 34.4 Å². The van der Waals surface area contributed by atoms with Crippen molar-refractivity contribution in [3.8, 4) is 39.7 Å². The average molecular weight is 468 g/mol. The Labute approximate surface area is 205 Å². The molecule has 2 aromatic heterocycles. The zero-order valence-electron chi connectivity index (χ0n) is 20.2. The summed E-state index contributed by atoms with van der Waals surface area (Å²) in [5.74, 6) is 1.66. The normalized spacial score (nSPS) is 12.5. The van der Waals surface area contributed by atoms with Gasteiger partial charge in [0, 0.05) is 41.2 Å². The summed E-state index contributed by atoms with van der Waals surface area (Å²) >= 11 is 0. The van der Waals surface area contributed by atoms with E-state index in [9.17, 15) is 0 Å². The van der Waals surface area contributed by atoms with Gasteiger partial charge in [0.05, 0.1) is 24.2 Å². The number of hydrogen-bond donors (Lipinski definition) is 2. The van der Waals surface area contributed by atoms with Crippen LogP contribution in [-0.2, 0) is 11.3 Å². The summed E-state index contributed by atoms with van der Waals surface area (Å²) in [7, 11) is 5.70. The Kier molecular flexibility index (Phi) is 6.61. The van der Waals surface area contributed by atoms with Gasteiger partial charge in [0.25, 0.3) is 0 Å². The largest absolute Gasteiger partial charge is 0.492 e. The lowest BCUT2D eigenvalue weighted by molar-refractivity contribution is 0.137. The number of H-pyrrole nitrogens is 1.